The van der Waals surface area contributed by atoms with Gasteiger partial charge in [-0.05, 0) is 12.5 Å². The summed E-state index contributed by atoms with van der Waals surface area (Å²) in [6.45, 7) is 2.01. The molecular formula is C12H13ClN2O2. The van der Waals surface area contributed by atoms with Crippen molar-refractivity contribution in [2.45, 2.75) is 25.8 Å². The first-order valence-electron chi connectivity index (χ1n) is 5.20. The SMILES string of the molecule is C#CC(CCC)Nc1nccc(C(=O)O)c1Cl. The number of rotatable bonds is 5. The lowest BCUT2D eigenvalue weighted by molar-refractivity contribution is 0.0697. The van der Waals surface area contributed by atoms with E-state index in [0.717, 1.165) is 12.8 Å². The predicted octanol–water partition coefficient (Wildman–Crippen LogP) is 2.65. The second kappa shape index (κ2) is 6.12. The Hall–Kier alpha value is -1.73. The topological polar surface area (TPSA) is 62.2 Å². The third-order valence-electron chi connectivity index (χ3n) is 2.21. The largest absolute Gasteiger partial charge is 0.478 e. The molecule has 1 aromatic rings. The van der Waals surface area contributed by atoms with Crippen LogP contribution in [0.1, 0.15) is 30.1 Å². The van der Waals surface area contributed by atoms with E-state index in [4.69, 9.17) is 23.1 Å². The van der Waals surface area contributed by atoms with Gasteiger partial charge in [0.05, 0.1) is 16.6 Å². The summed E-state index contributed by atoms with van der Waals surface area (Å²) in [5, 5.41) is 11.9. The van der Waals surface area contributed by atoms with Crippen molar-refractivity contribution in [3.05, 3.63) is 22.8 Å². The maximum Gasteiger partial charge on any atom is 0.337 e. The van der Waals surface area contributed by atoms with Crippen molar-refractivity contribution in [2.75, 3.05) is 5.32 Å². The van der Waals surface area contributed by atoms with Gasteiger partial charge >= 0.3 is 5.97 Å². The van der Waals surface area contributed by atoms with Crippen molar-refractivity contribution in [2.24, 2.45) is 0 Å². The highest BCUT2D eigenvalue weighted by Gasteiger charge is 2.14. The van der Waals surface area contributed by atoms with Crippen LogP contribution in [-0.2, 0) is 0 Å². The first-order chi connectivity index (χ1) is 8.10. The van der Waals surface area contributed by atoms with Crippen molar-refractivity contribution >= 4 is 23.4 Å². The first kappa shape index (κ1) is 13.3. The van der Waals surface area contributed by atoms with Crippen LogP contribution in [0.3, 0.4) is 0 Å². The maximum atomic E-state index is 10.9. The van der Waals surface area contributed by atoms with Crippen LogP contribution in [0.15, 0.2) is 12.3 Å². The number of aromatic carboxylic acids is 1. The highest BCUT2D eigenvalue weighted by Crippen LogP contribution is 2.24. The van der Waals surface area contributed by atoms with E-state index >= 15 is 0 Å². The van der Waals surface area contributed by atoms with Crippen LogP contribution in [0.5, 0.6) is 0 Å². The summed E-state index contributed by atoms with van der Waals surface area (Å²) in [6.07, 6.45) is 8.43. The molecule has 1 atom stereocenters. The van der Waals surface area contributed by atoms with Gasteiger partial charge in [-0.25, -0.2) is 9.78 Å². The number of carbonyl (C=O) groups is 1. The minimum Gasteiger partial charge on any atom is -0.478 e. The number of hydrogen-bond donors (Lipinski definition) is 2. The summed E-state index contributed by atoms with van der Waals surface area (Å²) in [6, 6.07) is 1.15. The average Bonchev–Trinajstić information content (AvgIpc) is 2.30. The molecule has 0 bridgehead atoms. The fourth-order valence-electron chi connectivity index (χ4n) is 1.36. The predicted molar refractivity (Wildman–Crippen MR) is 67.4 cm³/mol. The molecule has 0 aliphatic carbocycles. The Kier molecular flexibility index (Phi) is 4.80. The van der Waals surface area contributed by atoms with E-state index < -0.39 is 5.97 Å². The van der Waals surface area contributed by atoms with Crippen LogP contribution < -0.4 is 5.32 Å². The highest BCUT2D eigenvalue weighted by molar-refractivity contribution is 6.35. The lowest BCUT2D eigenvalue weighted by Gasteiger charge is -2.14. The van der Waals surface area contributed by atoms with E-state index in [2.05, 4.69) is 16.2 Å². The molecule has 0 aliphatic heterocycles. The van der Waals surface area contributed by atoms with Gasteiger partial charge in [-0.1, -0.05) is 30.9 Å². The van der Waals surface area contributed by atoms with E-state index in [1.165, 1.54) is 12.3 Å². The highest BCUT2D eigenvalue weighted by atomic mass is 35.5. The van der Waals surface area contributed by atoms with Gasteiger partial charge in [0.1, 0.15) is 5.82 Å². The Labute approximate surface area is 105 Å². The molecule has 0 saturated carbocycles. The molecule has 0 spiro atoms. The molecule has 2 N–H and O–H groups in total. The zero-order chi connectivity index (χ0) is 12.8. The molecule has 0 aliphatic rings. The summed E-state index contributed by atoms with van der Waals surface area (Å²) in [4.78, 5) is 14.9. The summed E-state index contributed by atoms with van der Waals surface area (Å²) < 4.78 is 0. The monoisotopic (exact) mass is 252 g/mol. The molecule has 0 saturated heterocycles. The third kappa shape index (κ3) is 3.36. The number of aromatic nitrogens is 1. The Bertz CT molecular complexity index is 454. The summed E-state index contributed by atoms with van der Waals surface area (Å²) >= 11 is 5.93. The van der Waals surface area contributed by atoms with Crippen molar-refractivity contribution < 1.29 is 9.90 Å². The molecule has 4 nitrogen and oxygen atoms in total. The number of terminal acetylenes is 1. The number of carboxylic acid groups (broad SMARTS) is 1. The summed E-state index contributed by atoms with van der Waals surface area (Å²) in [5.41, 5.74) is 0.0106. The van der Waals surface area contributed by atoms with Crippen LogP contribution in [-0.4, -0.2) is 22.1 Å². The Morgan fingerprint density at radius 3 is 3.00 bits per heavy atom. The van der Waals surface area contributed by atoms with Crippen LogP contribution in [0.25, 0.3) is 0 Å². The van der Waals surface area contributed by atoms with E-state index in [1.807, 2.05) is 6.92 Å². The van der Waals surface area contributed by atoms with Gasteiger partial charge in [0, 0.05) is 6.20 Å². The number of nitrogens with zero attached hydrogens (tertiary/aromatic N) is 1. The molecule has 1 unspecified atom stereocenters. The maximum absolute atomic E-state index is 10.9. The summed E-state index contributed by atoms with van der Waals surface area (Å²) in [5.74, 6) is 1.79. The van der Waals surface area contributed by atoms with Crippen molar-refractivity contribution in [3.63, 3.8) is 0 Å². The molecule has 1 aromatic heterocycles. The van der Waals surface area contributed by atoms with Crippen molar-refractivity contribution in [3.8, 4) is 12.3 Å². The molecule has 0 fully saturated rings. The van der Waals surface area contributed by atoms with Gasteiger partial charge in [0.2, 0.25) is 0 Å². The molecular weight excluding hydrogens is 240 g/mol. The van der Waals surface area contributed by atoms with Gasteiger partial charge in [0.25, 0.3) is 0 Å². The second-order valence-electron chi connectivity index (χ2n) is 3.48. The van der Waals surface area contributed by atoms with Crippen LogP contribution in [0.2, 0.25) is 5.02 Å². The van der Waals surface area contributed by atoms with Crippen LogP contribution in [0, 0.1) is 12.3 Å². The van der Waals surface area contributed by atoms with Crippen LogP contribution in [0.4, 0.5) is 5.82 Å². The third-order valence-corrected chi connectivity index (χ3v) is 2.59. The number of anilines is 1. The Balaban J connectivity index is 2.96. The fourth-order valence-corrected chi connectivity index (χ4v) is 1.61. The van der Waals surface area contributed by atoms with Crippen molar-refractivity contribution in [1.29, 1.82) is 0 Å². The fraction of sp³-hybridized carbons (Fsp3) is 0.333. The minimum atomic E-state index is -1.09. The Morgan fingerprint density at radius 1 is 1.76 bits per heavy atom. The molecule has 0 amide bonds. The normalized spacial score (nSPS) is 11.6. The molecule has 17 heavy (non-hydrogen) atoms. The van der Waals surface area contributed by atoms with Gasteiger partial charge in [-0.15, -0.1) is 6.42 Å². The minimum absolute atomic E-state index is 0.0106. The molecule has 1 heterocycles. The lowest BCUT2D eigenvalue weighted by atomic mass is 10.2. The zero-order valence-corrected chi connectivity index (χ0v) is 10.2. The van der Waals surface area contributed by atoms with Gasteiger partial charge in [-0.3, -0.25) is 0 Å². The zero-order valence-electron chi connectivity index (χ0n) is 9.40. The molecule has 0 aromatic carbocycles. The molecule has 5 heteroatoms. The average molecular weight is 253 g/mol. The second-order valence-corrected chi connectivity index (χ2v) is 3.86. The number of hydrogen-bond acceptors (Lipinski definition) is 3. The lowest BCUT2D eigenvalue weighted by Crippen LogP contribution is -2.18. The molecule has 0 radical (unpaired) electrons. The van der Waals surface area contributed by atoms with E-state index in [9.17, 15) is 4.79 Å². The standard InChI is InChI=1S/C12H13ClN2O2/c1-3-5-8(4-2)15-11-10(13)9(12(16)17)6-7-14-11/h2,6-8H,3,5H2,1H3,(H,14,15)(H,16,17). The van der Waals surface area contributed by atoms with Crippen molar-refractivity contribution in [1.82, 2.24) is 4.98 Å². The summed E-state index contributed by atoms with van der Waals surface area (Å²) in [7, 11) is 0. The van der Waals surface area contributed by atoms with E-state index in [1.54, 1.807) is 0 Å². The molecule has 1 rings (SSSR count). The van der Waals surface area contributed by atoms with Gasteiger partial charge in [0.15, 0.2) is 0 Å². The number of carboxylic acids is 1. The quantitative estimate of drug-likeness (QED) is 0.791. The smallest absolute Gasteiger partial charge is 0.337 e. The number of halogens is 1. The number of pyridine rings is 1. The van der Waals surface area contributed by atoms with Gasteiger partial charge < -0.3 is 10.4 Å². The number of nitrogens with one attached hydrogen (secondary N) is 1. The van der Waals surface area contributed by atoms with Gasteiger partial charge in [-0.2, -0.15) is 0 Å². The van der Waals surface area contributed by atoms with E-state index in [0.29, 0.717) is 5.82 Å². The Morgan fingerprint density at radius 2 is 2.47 bits per heavy atom. The van der Waals surface area contributed by atoms with Crippen LogP contribution >= 0.6 is 11.6 Å². The van der Waals surface area contributed by atoms with E-state index in [-0.39, 0.29) is 16.6 Å². The molecule has 90 valence electrons. The first-order valence-corrected chi connectivity index (χ1v) is 5.58.